The molecule has 0 saturated heterocycles. The van der Waals surface area contributed by atoms with Crippen LogP contribution < -0.4 is 0 Å². The van der Waals surface area contributed by atoms with E-state index in [4.69, 9.17) is 0 Å². The monoisotopic (exact) mass is 214 g/mol. The Morgan fingerprint density at radius 1 is 0.562 bits per heavy atom. The molecule has 0 aromatic heterocycles. The van der Waals surface area contributed by atoms with Gasteiger partial charge < -0.3 is 0 Å². The van der Waals surface area contributed by atoms with E-state index in [1.54, 1.807) is 32.1 Å². The Labute approximate surface area is 98.5 Å². The van der Waals surface area contributed by atoms with E-state index in [1.807, 2.05) is 0 Å². The molecule has 4 saturated carbocycles. The van der Waals surface area contributed by atoms with Gasteiger partial charge in [-0.25, -0.2) is 0 Å². The van der Waals surface area contributed by atoms with Gasteiger partial charge in [-0.05, 0) is 85.9 Å². The Morgan fingerprint density at radius 2 is 1.12 bits per heavy atom. The lowest BCUT2D eigenvalue weighted by Crippen LogP contribution is -2.36. The molecule has 8 atom stereocenters. The zero-order chi connectivity index (χ0) is 10.3. The Morgan fingerprint density at radius 3 is 1.69 bits per heavy atom. The average Bonchev–Trinajstić information content (AvgIpc) is 3.07. The lowest BCUT2D eigenvalue weighted by atomic mass is 9.61. The van der Waals surface area contributed by atoms with E-state index in [-0.39, 0.29) is 0 Å². The van der Waals surface area contributed by atoms with Crippen molar-refractivity contribution in [3.63, 3.8) is 0 Å². The van der Waals surface area contributed by atoms with Crippen molar-refractivity contribution >= 4 is 0 Å². The molecular formula is C16H22. The van der Waals surface area contributed by atoms with Gasteiger partial charge in [-0.2, -0.15) is 0 Å². The Bertz CT molecular complexity index is 323. The highest BCUT2D eigenvalue weighted by Crippen LogP contribution is 2.64. The van der Waals surface area contributed by atoms with Gasteiger partial charge in [0.1, 0.15) is 0 Å². The summed E-state index contributed by atoms with van der Waals surface area (Å²) in [5.41, 5.74) is 0. The zero-order valence-electron chi connectivity index (χ0n) is 10.0. The third-order valence-electron chi connectivity index (χ3n) is 7.16. The summed E-state index contributed by atoms with van der Waals surface area (Å²) >= 11 is 0. The van der Waals surface area contributed by atoms with Crippen LogP contribution in [0.15, 0.2) is 12.2 Å². The second-order valence-electron chi connectivity index (χ2n) is 7.41. The lowest BCUT2D eigenvalue weighted by molar-refractivity contribution is 0.0642. The molecule has 86 valence electrons. The van der Waals surface area contributed by atoms with Gasteiger partial charge >= 0.3 is 0 Å². The zero-order valence-corrected chi connectivity index (χ0v) is 10.0. The molecule has 0 heteroatoms. The van der Waals surface area contributed by atoms with Crippen molar-refractivity contribution in [2.75, 3.05) is 0 Å². The van der Waals surface area contributed by atoms with E-state index < -0.39 is 0 Å². The van der Waals surface area contributed by atoms with Gasteiger partial charge in [-0.15, -0.1) is 0 Å². The third kappa shape index (κ3) is 0.901. The molecule has 5 aliphatic rings. The van der Waals surface area contributed by atoms with Crippen molar-refractivity contribution < 1.29 is 0 Å². The molecule has 5 rings (SSSR count). The number of rotatable bonds is 0. The fourth-order valence-corrected chi connectivity index (χ4v) is 6.62. The van der Waals surface area contributed by atoms with E-state index in [2.05, 4.69) is 12.2 Å². The van der Waals surface area contributed by atoms with Crippen LogP contribution in [0.2, 0.25) is 0 Å². The number of hydrogen-bond acceptors (Lipinski definition) is 0. The predicted molar refractivity (Wildman–Crippen MR) is 64.8 cm³/mol. The second-order valence-corrected chi connectivity index (χ2v) is 7.41. The summed E-state index contributed by atoms with van der Waals surface area (Å²) < 4.78 is 0. The SMILES string of the molecule is C1=CC2CC1C1CC3C4CCC(C4)C3CC21. The molecule has 0 amide bonds. The highest BCUT2D eigenvalue weighted by molar-refractivity contribution is 5.17. The molecule has 0 heterocycles. The highest BCUT2D eigenvalue weighted by atomic mass is 14.6. The molecule has 4 bridgehead atoms. The third-order valence-corrected chi connectivity index (χ3v) is 7.16. The van der Waals surface area contributed by atoms with E-state index in [9.17, 15) is 0 Å². The van der Waals surface area contributed by atoms with Crippen LogP contribution in [-0.4, -0.2) is 0 Å². The smallest absolute Gasteiger partial charge is 0.0196 e. The van der Waals surface area contributed by atoms with E-state index in [0.29, 0.717) is 0 Å². The van der Waals surface area contributed by atoms with Crippen molar-refractivity contribution in [3.8, 4) is 0 Å². The summed E-state index contributed by atoms with van der Waals surface area (Å²) in [6.07, 6.45) is 14.7. The lowest BCUT2D eigenvalue weighted by Gasteiger charge is -2.44. The maximum Gasteiger partial charge on any atom is -0.0196 e. The first-order valence-electron chi connectivity index (χ1n) is 7.58. The van der Waals surface area contributed by atoms with Crippen molar-refractivity contribution in [3.05, 3.63) is 12.2 Å². The quantitative estimate of drug-likeness (QED) is 0.537. The second kappa shape index (κ2) is 2.76. The van der Waals surface area contributed by atoms with Gasteiger partial charge in [0.25, 0.3) is 0 Å². The Balaban J connectivity index is 1.50. The summed E-state index contributed by atoms with van der Waals surface area (Å²) in [6.45, 7) is 0. The first-order valence-corrected chi connectivity index (χ1v) is 7.58. The highest BCUT2D eigenvalue weighted by Gasteiger charge is 2.56. The molecule has 16 heavy (non-hydrogen) atoms. The first kappa shape index (κ1) is 8.78. The van der Waals surface area contributed by atoms with Crippen LogP contribution in [0.5, 0.6) is 0 Å². The molecule has 0 aliphatic heterocycles. The topological polar surface area (TPSA) is 0 Å². The van der Waals surface area contributed by atoms with Crippen LogP contribution in [-0.2, 0) is 0 Å². The number of allylic oxidation sites excluding steroid dienone is 2. The Kier molecular flexibility index (Phi) is 1.52. The standard InChI is InChI=1S/C16H22/c1-2-10-5-9(1)13-7-15-11-3-4-12(6-11)16(15)8-14(10)13/h1-2,9-16H,3-8H2. The molecule has 5 aliphatic carbocycles. The maximum absolute atomic E-state index is 2.57. The first-order chi connectivity index (χ1) is 7.90. The van der Waals surface area contributed by atoms with Gasteiger partial charge in [-0.1, -0.05) is 12.2 Å². The molecule has 4 fully saturated rings. The van der Waals surface area contributed by atoms with Crippen molar-refractivity contribution in [1.82, 2.24) is 0 Å². The fourth-order valence-electron chi connectivity index (χ4n) is 6.62. The van der Waals surface area contributed by atoms with Gasteiger partial charge in [0.2, 0.25) is 0 Å². The maximum atomic E-state index is 2.57. The number of hydrogen-bond donors (Lipinski definition) is 0. The summed E-state index contributed by atoms with van der Waals surface area (Å²) in [7, 11) is 0. The minimum absolute atomic E-state index is 1.01. The normalized spacial score (nSPS) is 65.0. The average molecular weight is 214 g/mol. The fraction of sp³-hybridized carbons (Fsp3) is 0.875. The number of fused-ring (bicyclic) bond motifs is 10. The predicted octanol–water partition coefficient (Wildman–Crippen LogP) is 3.88. The Hall–Kier alpha value is -0.260. The minimum Gasteiger partial charge on any atom is -0.0848 e. The van der Waals surface area contributed by atoms with Crippen LogP contribution >= 0.6 is 0 Å². The van der Waals surface area contributed by atoms with Crippen molar-refractivity contribution in [2.45, 2.75) is 38.5 Å². The van der Waals surface area contributed by atoms with Crippen LogP contribution in [0.25, 0.3) is 0 Å². The summed E-state index contributed by atoms with van der Waals surface area (Å²) in [6, 6.07) is 0. The van der Waals surface area contributed by atoms with Crippen molar-refractivity contribution in [2.24, 2.45) is 47.3 Å². The molecule has 0 aromatic rings. The van der Waals surface area contributed by atoms with Crippen LogP contribution in [0.4, 0.5) is 0 Å². The molecule has 0 aromatic carbocycles. The van der Waals surface area contributed by atoms with Gasteiger partial charge in [-0.3, -0.25) is 0 Å². The summed E-state index contributed by atoms with van der Waals surface area (Å²) in [5.74, 6) is 8.94. The van der Waals surface area contributed by atoms with Gasteiger partial charge in [0.15, 0.2) is 0 Å². The molecule has 0 N–H and O–H groups in total. The molecule has 8 unspecified atom stereocenters. The molecular weight excluding hydrogens is 192 g/mol. The largest absolute Gasteiger partial charge is 0.0848 e. The van der Waals surface area contributed by atoms with Crippen LogP contribution in [0.3, 0.4) is 0 Å². The van der Waals surface area contributed by atoms with E-state index in [1.165, 1.54) is 30.1 Å². The van der Waals surface area contributed by atoms with E-state index >= 15 is 0 Å². The van der Waals surface area contributed by atoms with Crippen LogP contribution in [0, 0.1) is 47.3 Å². The van der Waals surface area contributed by atoms with Crippen LogP contribution in [0.1, 0.15) is 38.5 Å². The van der Waals surface area contributed by atoms with Gasteiger partial charge in [0, 0.05) is 0 Å². The van der Waals surface area contributed by atoms with Gasteiger partial charge in [0.05, 0.1) is 0 Å². The molecule has 0 nitrogen and oxygen atoms in total. The van der Waals surface area contributed by atoms with E-state index in [0.717, 1.165) is 23.7 Å². The summed E-state index contributed by atoms with van der Waals surface area (Å²) in [5, 5.41) is 0. The van der Waals surface area contributed by atoms with Crippen molar-refractivity contribution in [1.29, 1.82) is 0 Å². The molecule has 0 spiro atoms. The minimum atomic E-state index is 1.01. The summed E-state index contributed by atoms with van der Waals surface area (Å²) in [4.78, 5) is 0. The molecule has 0 radical (unpaired) electrons.